The van der Waals surface area contributed by atoms with Gasteiger partial charge in [-0.15, -0.1) is 11.3 Å². The number of aromatic nitrogens is 2. The van der Waals surface area contributed by atoms with Gasteiger partial charge in [0.2, 0.25) is 0 Å². The number of carbonyl (C=O) groups is 1. The molecule has 0 atom stereocenters. The van der Waals surface area contributed by atoms with Crippen LogP contribution in [0.15, 0.2) is 6.07 Å². The summed E-state index contributed by atoms with van der Waals surface area (Å²) in [5.41, 5.74) is -1.90. The first-order valence-electron chi connectivity index (χ1n) is 6.92. The van der Waals surface area contributed by atoms with Crippen molar-refractivity contribution in [3.8, 4) is 0 Å². The summed E-state index contributed by atoms with van der Waals surface area (Å²) in [7, 11) is 2.97. The Bertz CT molecular complexity index is 728. The summed E-state index contributed by atoms with van der Waals surface area (Å²) in [5.74, 6) is -0.372. The first kappa shape index (κ1) is 17.7. The lowest BCUT2D eigenvalue weighted by atomic mass is 10.1. The van der Waals surface area contributed by atoms with E-state index in [9.17, 15) is 23.1 Å². The zero-order valence-electron chi connectivity index (χ0n) is 13.2. The van der Waals surface area contributed by atoms with Crippen LogP contribution in [0.2, 0.25) is 0 Å². The first-order chi connectivity index (χ1) is 10.4. The van der Waals surface area contributed by atoms with Crippen molar-refractivity contribution in [1.82, 2.24) is 14.7 Å². The standard InChI is InChI=1S/C14H18F3N3O2S/c1-13(2,22)5-6-19(3)11(21)9-7-8-10(14(15,16)17)18-20(4)12(8)23-9/h7,22H,5-6H2,1-4H3. The third-order valence-corrected chi connectivity index (χ3v) is 4.59. The second-order valence-corrected chi connectivity index (χ2v) is 7.12. The van der Waals surface area contributed by atoms with Gasteiger partial charge in [-0.1, -0.05) is 0 Å². The van der Waals surface area contributed by atoms with Crippen molar-refractivity contribution in [3.05, 3.63) is 16.6 Å². The minimum absolute atomic E-state index is 0.0655. The van der Waals surface area contributed by atoms with Crippen LogP contribution in [0.25, 0.3) is 10.2 Å². The van der Waals surface area contributed by atoms with Gasteiger partial charge < -0.3 is 10.0 Å². The molecule has 2 heterocycles. The fraction of sp³-hybridized carbons (Fsp3) is 0.571. The Morgan fingerprint density at radius 2 is 2.04 bits per heavy atom. The van der Waals surface area contributed by atoms with Gasteiger partial charge in [-0.2, -0.15) is 18.3 Å². The monoisotopic (exact) mass is 349 g/mol. The maximum Gasteiger partial charge on any atom is 0.435 e. The van der Waals surface area contributed by atoms with Crippen LogP contribution in [0.1, 0.15) is 35.6 Å². The highest BCUT2D eigenvalue weighted by Gasteiger charge is 2.37. The molecule has 0 radical (unpaired) electrons. The molecular formula is C14H18F3N3O2S. The lowest BCUT2D eigenvalue weighted by molar-refractivity contribution is -0.140. The Kier molecular flexibility index (Phi) is 4.46. The molecule has 2 rings (SSSR count). The van der Waals surface area contributed by atoms with Gasteiger partial charge in [0, 0.05) is 26.0 Å². The molecule has 0 aliphatic carbocycles. The number of fused-ring (bicyclic) bond motifs is 1. The molecule has 0 fully saturated rings. The number of aryl methyl sites for hydroxylation is 1. The number of halogens is 3. The number of thiophene rings is 1. The van der Waals surface area contributed by atoms with E-state index in [1.807, 2.05) is 0 Å². The number of nitrogens with zero attached hydrogens (tertiary/aromatic N) is 3. The summed E-state index contributed by atoms with van der Waals surface area (Å²) in [5, 5.41) is 13.1. The van der Waals surface area contributed by atoms with Gasteiger partial charge in [0.25, 0.3) is 5.91 Å². The fourth-order valence-electron chi connectivity index (χ4n) is 2.09. The minimum atomic E-state index is -4.56. The van der Waals surface area contributed by atoms with Gasteiger partial charge in [-0.25, -0.2) is 0 Å². The second kappa shape index (κ2) is 5.79. The molecule has 2 aromatic rings. The number of hydrogen-bond donors (Lipinski definition) is 1. The maximum atomic E-state index is 13.0. The van der Waals surface area contributed by atoms with E-state index in [-0.39, 0.29) is 16.2 Å². The summed E-state index contributed by atoms with van der Waals surface area (Å²) >= 11 is 0.977. The molecule has 0 saturated carbocycles. The van der Waals surface area contributed by atoms with Gasteiger partial charge in [0.05, 0.1) is 10.5 Å². The summed E-state index contributed by atoms with van der Waals surface area (Å²) < 4.78 is 40.0. The molecule has 0 aromatic carbocycles. The zero-order chi connectivity index (χ0) is 17.6. The molecule has 0 bridgehead atoms. The highest BCUT2D eigenvalue weighted by Crippen LogP contribution is 2.37. The molecular weight excluding hydrogens is 331 g/mol. The van der Waals surface area contributed by atoms with E-state index in [4.69, 9.17) is 0 Å². The number of alkyl halides is 3. The van der Waals surface area contributed by atoms with Crippen molar-refractivity contribution in [2.45, 2.75) is 32.0 Å². The van der Waals surface area contributed by atoms with Crippen LogP contribution >= 0.6 is 11.3 Å². The van der Waals surface area contributed by atoms with E-state index in [1.165, 1.54) is 18.0 Å². The zero-order valence-corrected chi connectivity index (χ0v) is 14.0. The lowest BCUT2D eigenvalue weighted by Crippen LogP contribution is -2.32. The van der Waals surface area contributed by atoms with E-state index in [0.29, 0.717) is 17.8 Å². The minimum Gasteiger partial charge on any atom is -0.390 e. The van der Waals surface area contributed by atoms with Gasteiger partial charge in [0.1, 0.15) is 4.83 Å². The number of hydrogen-bond acceptors (Lipinski definition) is 4. The van der Waals surface area contributed by atoms with E-state index in [2.05, 4.69) is 5.10 Å². The molecule has 0 saturated heterocycles. The predicted molar refractivity (Wildman–Crippen MR) is 81.5 cm³/mol. The summed E-state index contributed by atoms with van der Waals surface area (Å²) in [4.78, 5) is 14.3. The van der Waals surface area contributed by atoms with E-state index >= 15 is 0 Å². The third-order valence-electron chi connectivity index (χ3n) is 3.40. The SMILES string of the molecule is CN(CCC(C)(C)O)C(=O)c1cc2c(C(F)(F)F)nn(C)c2s1. The Morgan fingerprint density at radius 3 is 2.57 bits per heavy atom. The summed E-state index contributed by atoms with van der Waals surface area (Å²) in [6.07, 6.45) is -4.19. The van der Waals surface area contributed by atoms with Crippen molar-refractivity contribution >= 4 is 27.5 Å². The van der Waals surface area contributed by atoms with Crippen molar-refractivity contribution in [3.63, 3.8) is 0 Å². The first-order valence-corrected chi connectivity index (χ1v) is 7.73. The molecule has 5 nitrogen and oxygen atoms in total. The highest BCUT2D eigenvalue weighted by molar-refractivity contribution is 7.20. The van der Waals surface area contributed by atoms with Crippen LogP contribution in [0, 0.1) is 0 Å². The molecule has 128 valence electrons. The third kappa shape index (κ3) is 3.84. The molecule has 0 unspecified atom stereocenters. The van der Waals surface area contributed by atoms with Crippen LogP contribution in [-0.2, 0) is 13.2 Å². The topological polar surface area (TPSA) is 58.4 Å². The molecule has 1 N–H and O–H groups in total. The molecule has 0 spiro atoms. The molecule has 9 heteroatoms. The van der Waals surface area contributed by atoms with Crippen molar-refractivity contribution < 1.29 is 23.1 Å². The number of amides is 1. The van der Waals surface area contributed by atoms with Crippen LogP contribution < -0.4 is 0 Å². The van der Waals surface area contributed by atoms with E-state index in [0.717, 1.165) is 16.0 Å². The highest BCUT2D eigenvalue weighted by atomic mass is 32.1. The Hall–Kier alpha value is -1.61. The van der Waals surface area contributed by atoms with Crippen LogP contribution in [0.4, 0.5) is 13.2 Å². The Morgan fingerprint density at radius 1 is 1.43 bits per heavy atom. The maximum absolute atomic E-state index is 13.0. The average Bonchev–Trinajstić information content (AvgIpc) is 2.94. The van der Waals surface area contributed by atoms with E-state index < -0.39 is 17.5 Å². The number of rotatable bonds is 4. The molecule has 0 aliphatic rings. The lowest BCUT2D eigenvalue weighted by Gasteiger charge is -2.22. The predicted octanol–water partition coefficient (Wildman–Crippen LogP) is 2.89. The van der Waals surface area contributed by atoms with Crippen LogP contribution in [-0.4, -0.2) is 44.9 Å². The van der Waals surface area contributed by atoms with Gasteiger partial charge >= 0.3 is 6.18 Å². The van der Waals surface area contributed by atoms with Gasteiger partial charge in [0.15, 0.2) is 5.69 Å². The van der Waals surface area contributed by atoms with Gasteiger partial charge in [-0.05, 0) is 26.3 Å². The fourth-order valence-corrected chi connectivity index (χ4v) is 3.15. The van der Waals surface area contributed by atoms with Crippen molar-refractivity contribution in [2.24, 2.45) is 7.05 Å². The molecule has 0 aliphatic heterocycles. The number of carbonyl (C=O) groups excluding carboxylic acids is 1. The van der Waals surface area contributed by atoms with Gasteiger partial charge in [-0.3, -0.25) is 9.48 Å². The number of aliphatic hydroxyl groups is 1. The smallest absolute Gasteiger partial charge is 0.390 e. The quantitative estimate of drug-likeness (QED) is 0.923. The van der Waals surface area contributed by atoms with Crippen LogP contribution in [0.5, 0.6) is 0 Å². The Labute approximate surface area is 135 Å². The molecule has 1 amide bonds. The van der Waals surface area contributed by atoms with Crippen molar-refractivity contribution in [1.29, 1.82) is 0 Å². The molecule has 2 aromatic heterocycles. The summed E-state index contributed by atoms with van der Waals surface area (Å²) in [6.45, 7) is 3.57. The van der Waals surface area contributed by atoms with Crippen molar-refractivity contribution in [2.75, 3.05) is 13.6 Å². The Balaban J connectivity index is 2.29. The largest absolute Gasteiger partial charge is 0.435 e. The normalized spacial score (nSPS) is 12.9. The van der Waals surface area contributed by atoms with E-state index in [1.54, 1.807) is 20.9 Å². The average molecular weight is 349 g/mol. The van der Waals surface area contributed by atoms with Crippen LogP contribution in [0.3, 0.4) is 0 Å². The second-order valence-electron chi connectivity index (χ2n) is 6.09. The summed E-state index contributed by atoms with van der Waals surface area (Å²) in [6, 6.07) is 1.23. The molecule has 23 heavy (non-hydrogen) atoms.